The molecule has 112 valence electrons. The van der Waals surface area contributed by atoms with Crippen LogP contribution < -0.4 is 11.1 Å². The fraction of sp³-hybridized carbons (Fsp3) is 0.929. The minimum absolute atomic E-state index is 0.0580. The molecular formula is C14H28N2O3. The predicted octanol–water partition coefficient (Wildman–Crippen LogP) is 1.20. The number of nitrogens with one attached hydrogen (secondary N) is 1. The molecule has 0 radical (unpaired) electrons. The lowest BCUT2D eigenvalue weighted by molar-refractivity contribution is -0.127. The minimum atomic E-state index is -0.0580. The van der Waals surface area contributed by atoms with Gasteiger partial charge in [0.05, 0.1) is 12.2 Å². The molecule has 0 aromatic heterocycles. The van der Waals surface area contributed by atoms with Crippen molar-refractivity contribution < 1.29 is 14.3 Å². The van der Waals surface area contributed by atoms with Crippen LogP contribution in [-0.4, -0.2) is 43.9 Å². The SMILES string of the molecule is CC(C)OCC(=O)NCCCOC1CCC(N)CC1. The molecule has 0 aromatic rings. The summed E-state index contributed by atoms with van der Waals surface area (Å²) in [6, 6.07) is 0.361. The molecule has 0 spiro atoms. The summed E-state index contributed by atoms with van der Waals surface area (Å²) in [6.45, 7) is 5.31. The van der Waals surface area contributed by atoms with Gasteiger partial charge in [-0.15, -0.1) is 0 Å². The van der Waals surface area contributed by atoms with Crippen molar-refractivity contribution >= 4 is 5.91 Å². The maximum atomic E-state index is 11.4. The fourth-order valence-corrected chi connectivity index (χ4v) is 2.10. The van der Waals surface area contributed by atoms with Gasteiger partial charge in [-0.3, -0.25) is 4.79 Å². The zero-order valence-electron chi connectivity index (χ0n) is 12.2. The van der Waals surface area contributed by atoms with Gasteiger partial charge >= 0.3 is 0 Å². The monoisotopic (exact) mass is 272 g/mol. The molecule has 0 heterocycles. The van der Waals surface area contributed by atoms with Crippen molar-refractivity contribution in [2.75, 3.05) is 19.8 Å². The van der Waals surface area contributed by atoms with Crippen LogP contribution in [0, 0.1) is 0 Å². The van der Waals surface area contributed by atoms with E-state index >= 15 is 0 Å². The fourth-order valence-electron chi connectivity index (χ4n) is 2.10. The quantitative estimate of drug-likeness (QED) is 0.651. The Morgan fingerprint density at radius 2 is 2.00 bits per heavy atom. The second-order valence-electron chi connectivity index (χ2n) is 5.47. The molecule has 0 atom stereocenters. The highest BCUT2D eigenvalue weighted by molar-refractivity contribution is 5.77. The van der Waals surface area contributed by atoms with E-state index in [1.807, 2.05) is 13.8 Å². The van der Waals surface area contributed by atoms with Crippen molar-refractivity contribution in [3.63, 3.8) is 0 Å². The highest BCUT2D eigenvalue weighted by Crippen LogP contribution is 2.19. The van der Waals surface area contributed by atoms with E-state index in [4.69, 9.17) is 15.2 Å². The number of ether oxygens (including phenoxy) is 2. The Labute approximate surface area is 116 Å². The summed E-state index contributed by atoms with van der Waals surface area (Å²) in [7, 11) is 0. The Balaban J connectivity index is 1.92. The summed E-state index contributed by atoms with van der Waals surface area (Å²) < 4.78 is 11.0. The van der Waals surface area contributed by atoms with Crippen LogP contribution in [-0.2, 0) is 14.3 Å². The number of carbonyl (C=O) groups excluding carboxylic acids is 1. The second kappa shape index (κ2) is 9.28. The molecule has 1 amide bonds. The summed E-state index contributed by atoms with van der Waals surface area (Å²) in [5.74, 6) is -0.0580. The maximum absolute atomic E-state index is 11.4. The molecule has 1 rings (SSSR count). The number of carbonyl (C=O) groups is 1. The van der Waals surface area contributed by atoms with Crippen molar-refractivity contribution in [3.8, 4) is 0 Å². The Morgan fingerprint density at radius 3 is 2.63 bits per heavy atom. The normalized spacial score (nSPS) is 23.6. The molecule has 1 aliphatic rings. The topological polar surface area (TPSA) is 73.6 Å². The van der Waals surface area contributed by atoms with Crippen molar-refractivity contribution in [1.82, 2.24) is 5.32 Å². The van der Waals surface area contributed by atoms with Crippen LogP contribution in [0.5, 0.6) is 0 Å². The number of hydrogen-bond donors (Lipinski definition) is 2. The first-order valence-electron chi connectivity index (χ1n) is 7.33. The van der Waals surface area contributed by atoms with Gasteiger partial charge in [-0.1, -0.05) is 0 Å². The first kappa shape index (κ1) is 16.4. The van der Waals surface area contributed by atoms with Crippen LogP contribution in [0.4, 0.5) is 0 Å². The van der Waals surface area contributed by atoms with Gasteiger partial charge in [0.15, 0.2) is 0 Å². The molecule has 5 heteroatoms. The molecule has 3 N–H and O–H groups in total. The molecular weight excluding hydrogens is 244 g/mol. The van der Waals surface area contributed by atoms with E-state index in [2.05, 4.69) is 5.32 Å². The smallest absolute Gasteiger partial charge is 0.246 e. The van der Waals surface area contributed by atoms with Crippen molar-refractivity contribution in [2.45, 2.75) is 64.2 Å². The lowest BCUT2D eigenvalue weighted by Crippen LogP contribution is -2.32. The molecule has 0 aromatic carbocycles. The van der Waals surface area contributed by atoms with Gasteiger partial charge in [-0.25, -0.2) is 0 Å². The van der Waals surface area contributed by atoms with E-state index in [9.17, 15) is 4.79 Å². The Bertz CT molecular complexity index is 251. The van der Waals surface area contributed by atoms with Gasteiger partial charge in [0.1, 0.15) is 6.61 Å². The third-order valence-corrected chi connectivity index (χ3v) is 3.26. The highest BCUT2D eigenvalue weighted by atomic mass is 16.5. The van der Waals surface area contributed by atoms with Gasteiger partial charge in [0.2, 0.25) is 5.91 Å². The number of hydrogen-bond acceptors (Lipinski definition) is 4. The Morgan fingerprint density at radius 1 is 1.32 bits per heavy atom. The molecule has 1 fully saturated rings. The lowest BCUT2D eigenvalue weighted by atomic mass is 9.94. The van der Waals surface area contributed by atoms with E-state index in [0.29, 0.717) is 25.3 Å². The Kier molecular flexibility index (Phi) is 8.02. The van der Waals surface area contributed by atoms with Crippen molar-refractivity contribution in [2.24, 2.45) is 5.73 Å². The largest absolute Gasteiger partial charge is 0.378 e. The molecule has 19 heavy (non-hydrogen) atoms. The predicted molar refractivity (Wildman–Crippen MR) is 74.9 cm³/mol. The second-order valence-corrected chi connectivity index (χ2v) is 5.47. The summed E-state index contributed by atoms with van der Waals surface area (Å²) in [4.78, 5) is 11.4. The zero-order chi connectivity index (χ0) is 14.1. The molecule has 0 saturated heterocycles. The van der Waals surface area contributed by atoms with Gasteiger partial charge in [-0.05, 0) is 46.0 Å². The lowest BCUT2D eigenvalue weighted by Gasteiger charge is -2.26. The van der Waals surface area contributed by atoms with Crippen LogP contribution >= 0.6 is 0 Å². The number of nitrogens with two attached hydrogens (primary N) is 1. The van der Waals surface area contributed by atoms with E-state index in [0.717, 1.165) is 32.1 Å². The standard InChI is InChI=1S/C14H28N2O3/c1-11(2)19-10-14(17)16-8-3-9-18-13-6-4-12(15)5-7-13/h11-13H,3-10,15H2,1-2H3,(H,16,17). The number of amides is 1. The molecule has 5 nitrogen and oxygen atoms in total. The van der Waals surface area contributed by atoms with Crippen LogP contribution in [0.15, 0.2) is 0 Å². The summed E-state index contributed by atoms with van der Waals surface area (Å²) >= 11 is 0. The first-order chi connectivity index (χ1) is 9.08. The summed E-state index contributed by atoms with van der Waals surface area (Å²) in [5, 5.41) is 2.82. The summed E-state index contributed by atoms with van der Waals surface area (Å²) in [6.07, 6.45) is 5.55. The minimum Gasteiger partial charge on any atom is -0.378 e. The van der Waals surface area contributed by atoms with E-state index in [-0.39, 0.29) is 18.6 Å². The molecule has 0 aliphatic heterocycles. The van der Waals surface area contributed by atoms with E-state index in [1.54, 1.807) is 0 Å². The maximum Gasteiger partial charge on any atom is 0.246 e. The van der Waals surface area contributed by atoms with Gasteiger partial charge in [-0.2, -0.15) is 0 Å². The average molecular weight is 272 g/mol. The zero-order valence-corrected chi connectivity index (χ0v) is 12.2. The highest BCUT2D eigenvalue weighted by Gasteiger charge is 2.18. The van der Waals surface area contributed by atoms with Crippen LogP contribution in [0.3, 0.4) is 0 Å². The van der Waals surface area contributed by atoms with Crippen molar-refractivity contribution in [1.29, 1.82) is 0 Å². The number of rotatable bonds is 8. The first-order valence-corrected chi connectivity index (χ1v) is 7.33. The average Bonchev–Trinajstić information content (AvgIpc) is 2.38. The van der Waals surface area contributed by atoms with Gasteiger partial charge < -0.3 is 20.5 Å². The van der Waals surface area contributed by atoms with Crippen LogP contribution in [0.2, 0.25) is 0 Å². The van der Waals surface area contributed by atoms with Crippen LogP contribution in [0.25, 0.3) is 0 Å². The molecule has 1 saturated carbocycles. The molecule has 0 unspecified atom stereocenters. The van der Waals surface area contributed by atoms with E-state index < -0.39 is 0 Å². The van der Waals surface area contributed by atoms with Crippen LogP contribution in [0.1, 0.15) is 46.0 Å². The Hall–Kier alpha value is -0.650. The van der Waals surface area contributed by atoms with E-state index in [1.165, 1.54) is 0 Å². The van der Waals surface area contributed by atoms with Gasteiger partial charge in [0.25, 0.3) is 0 Å². The third-order valence-electron chi connectivity index (χ3n) is 3.26. The molecule has 0 bridgehead atoms. The summed E-state index contributed by atoms with van der Waals surface area (Å²) in [5.41, 5.74) is 5.84. The third kappa shape index (κ3) is 8.18. The van der Waals surface area contributed by atoms with Crippen molar-refractivity contribution in [3.05, 3.63) is 0 Å². The molecule has 1 aliphatic carbocycles. The van der Waals surface area contributed by atoms with Gasteiger partial charge in [0, 0.05) is 19.2 Å².